The number of hydrogen-bond donors (Lipinski definition) is 3. The first-order valence-corrected chi connectivity index (χ1v) is 6.63. The van der Waals surface area contributed by atoms with Crippen molar-refractivity contribution >= 4 is 17.9 Å². The zero-order valence-electron chi connectivity index (χ0n) is 14.9. The molecule has 0 aromatic heterocycles. The summed E-state index contributed by atoms with van der Waals surface area (Å²) >= 11 is 0. The van der Waals surface area contributed by atoms with Gasteiger partial charge in [-0.15, -0.1) is 0 Å². The smallest absolute Gasteiger partial charge is 0.392 e. The number of benzene rings is 1. The van der Waals surface area contributed by atoms with E-state index in [9.17, 15) is 9.59 Å². The fraction of sp³-hybridized carbons (Fsp3) is 0.438. The number of anilines is 1. The van der Waals surface area contributed by atoms with Crippen molar-refractivity contribution in [2.45, 2.75) is 40.3 Å². The van der Waals surface area contributed by atoms with Crippen molar-refractivity contribution < 1.29 is 83.6 Å². The topological polar surface area (TPSA) is 78.4 Å². The fourth-order valence-corrected chi connectivity index (χ4v) is 1.13. The Labute approximate surface area is 194 Å². The van der Waals surface area contributed by atoms with E-state index in [2.05, 4.69) is 10.6 Å². The number of carbonyl (C=O) groups is 2. The van der Waals surface area contributed by atoms with Crippen molar-refractivity contribution in [1.82, 2.24) is 5.32 Å². The molecule has 0 saturated carbocycles. The van der Waals surface area contributed by atoms with Gasteiger partial charge in [0, 0.05) is 19.7 Å². The summed E-state index contributed by atoms with van der Waals surface area (Å²) in [6.07, 6.45) is 0.682. The van der Waals surface area contributed by atoms with Crippen molar-refractivity contribution in [3.05, 3.63) is 37.3 Å². The van der Waals surface area contributed by atoms with Gasteiger partial charge in [0.1, 0.15) is 6.29 Å². The van der Waals surface area contributed by atoms with Gasteiger partial charge in [-0.1, -0.05) is 26.0 Å². The molecule has 6 heteroatoms. The molecule has 1 aromatic rings. The van der Waals surface area contributed by atoms with Crippen LogP contribution in [0, 0.1) is 7.43 Å². The second kappa shape index (κ2) is 21.2. The Kier molecular flexibility index (Phi) is 29.0. The van der Waals surface area contributed by atoms with E-state index < -0.39 is 0 Å². The van der Waals surface area contributed by atoms with Gasteiger partial charge in [-0.2, -0.15) is 0 Å². The molecule has 122 valence electrons. The number of aldehydes is 1. The van der Waals surface area contributed by atoms with Gasteiger partial charge in [0.2, 0.25) is 5.91 Å². The SMILES string of the molecule is CC.CC(=O)NC(C)C=O.CNc1ccc(CO)cc1.[CH3-].[Cs+]. The van der Waals surface area contributed by atoms with E-state index in [1.807, 2.05) is 45.2 Å². The van der Waals surface area contributed by atoms with Gasteiger partial charge in [-0.05, 0) is 24.6 Å². The summed E-state index contributed by atoms with van der Waals surface area (Å²) in [4.78, 5) is 20.0. The summed E-state index contributed by atoms with van der Waals surface area (Å²) in [7, 11) is 1.87. The van der Waals surface area contributed by atoms with E-state index in [-0.39, 0.29) is 94.9 Å². The largest absolute Gasteiger partial charge is 1.00 e. The quantitative estimate of drug-likeness (QED) is 0.441. The minimum absolute atomic E-state index is 0. The van der Waals surface area contributed by atoms with Crippen molar-refractivity contribution in [2.24, 2.45) is 0 Å². The molecule has 0 fully saturated rings. The Morgan fingerprint density at radius 1 is 1.27 bits per heavy atom. The summed E-state index contributed by atoms with van der Waals surface area (Å²) in [6.45, 7) is 7.11. The molecule has 1 atom stereocenters. The van der Waals surface area contributed by atoms with E-state index in [1.165, 1.54) is 6.92 Å². The van der Waals surface area contributed by atoms with Gasteiger partial charge in [-0.25, -0.2) is 0 Å². The predicted octanol–water partition coefficient (Wildman–Crippen LogP) is -0.589. The van der Waals surface area contributed by atoms with Crippen molar-refractivity contribution in [1.29, 1.82) is 0 Å². The van der Waals surface area contributed by atoms with Crippen LogP contribution in [0.3, 0.4) is 0 Å². The number of amides is 1. The molecule has 1 amide bonds. The number of rotatable bonds is 4. The molecule has 5 nitrogen and oxygen atoms in total. The van der Waals surface area contributed by atoms with Crippen molar-refractivity contribution in [2.75, 3.05) is 12.4 Å². The van der Waals surface area contributed by atoms with Gasteiger partial charge in [-0.3, -0.25) is 4.79 Å². The minimum atomic E-state index is -0.354. The molecule has 0 bridgehead atoms. The third-order valence-corrected chi connectivity index (χ3v) is 2.06. The van der Waals surface area contributed by atoms with E-state index in [0.29, 0.717) is 6.29 Å². The average Bonchev–Trinajstić information content (AvgIpc) is 2.49. The number of aliphatic hydroxyl groups is 1. The number of carbonyl (C=O) groups excluding carboxylic acids is 2. The van der Waals surface area contributed by atoms with E-state index in [4.69, 9.17) is 5.11 Å². The van der Waals surface area contributed by atoms with Crippen LogP contribution in [0.2, 0.25) is 0 Å². The summed E-state index contributed by atoms with van der Waals surface area (Å²) in [5.74, 6) is -0.176. The van der Waals surface area contributed by atoms with Gasteiger partial charge in [0.25, 0.3) is 0 Å². The standard InChI is InChI=1S/C8H11NO.C5H9NO2.C2H6.CH3.Cs/c1-9-8-4-2-7(6-10)3-5-8;1-4(3-7)6-5(2)8;1-2;;/h2-5,9-10H,6H2,1H3;3-4H,1-2H3,(H,6,8);1-2H3;1H3;/q;;;-1;+1. The van der Waals surface area contributed by atoms with Crippen LogP contribution in [-0.2, 0) is 16.2 Å². The second-order valence-corrected chi connectivity index (χ2v) is 3.73. The summed E-state index contributed by atoms with van der Waals surface area (Å²) < 4.78 is 0. The van der Waals surface area contributed by atoms with Crippen LogP contribution in [0.1, 0.15) is 33.3 Å². The summed E-state index contributed by atoms with van der Waals surface area (Å²) in [5, 5.41) is 14.1. The van der Waals surface area contributed by atoms with Gasteiger partial charge in [0.15, 0.2) is 0 Å². The zero-order valence-corrected chi connectivity index (χ0v) is 21.2. The minimum Gasteiger partial charge on any atom is -0.392 e. The first-order valence-electron chi connectivity index (χ1n) is 6.63. The molecule has 1 unspecified atom stereocenters. The normalized spacial score (nSPS) is 9.00. The Hall–Kier alpha value is 0.172. The van der Waals surface area contributed by atoms with E-state index >= 15 is 0 Å². The van der Waals surface area contributed by atoms with Crippen LogP contribution in [-0.4, -0.2) is 30.4 Å². The molecule has 0 aliphatic heterocycles. The molecule has 0 saturated heterocycles. The van der Waals surface area contributed by atoms with Crippen LogP contribution in [0.15, 0.2) is 24.3 Å². The van der Waals surface area contributed by atoms with Crippen molar-refractivity contribution in [3.63, 3.8) is 0 Å². The molecule has 0 aliphatic rings. The van der Waals surface area contributed by atoms with E-state index in [1.54, 1.807) is 6.92 Å². The first-order chi connectivity index (χ1) is 9.53. The maximum absolute atomic E-state index is 10.1. The molecule has 22 heavy (non-hydrogen) atoms. The van der Waals surface area contributed by atoms with Crippen LogP contribution in [0.4, 0.5) is 5.69 Å². The van der Waals surface area contributed by atoms with Crippen molar-refractivity contribution in [3.8, 4) is 0 Å². The Morgan fingerprint density at radius 3 is 1.95 bits per heavy atom. The number of hydrogen-bond acceptors (Lipinski definition) is 4. The Bertz CT molecular complexity index is 347. The van der Waals surface area contributed by atoms with Gasteiger partial charge in [0.05, 0.1) is 12.6 Å². The zero-order chi connectivity index (χ0) is 16.0. The van der Waals surface area contributed by atoms with Crippen LogP contribution >= 0.6 is 0 Å². The molecule has 1 rings (SSSR count). The Morgan fingerprint density at radius 2 is 1.73 bits per heavy atom. The monoisotopic (exact) mass is 430 g/mol. The predicted molar refractivity (Wildman–Crippen MR) is 89.0 cm³/mol. The molecular weight excluding hydrogens is 401 g/mol. The Balaban J connectivity index is -0.000000124. The maximum Gasteiger partial charge on any atom is 1.00 e. The molecule has 0 spiro atoms. The van der Waals surface area contributed by atoms with E-state index in [0.717, 1.165) is 11.3 Å². The number of aliphatic hydroxyl groups excluding tert-OH is 1. The maximum atomic E-state index is 10.1. The molecule has 0 radical (unpaired) electrons. The number of nitrogens with one attached hydrogen (secondary N) is 2. The molecule has 0 heterocycles. The van der Waals surface area contributed by atoms with Crippen LogP contribution < -0.4 is 79.5 Å². The third-order valence-electron chi connectivity index (χ3n) is 2.06. The first kappa shape index (κ1) is 30.1. The van der Waals surface area contributed by atoms with Gasteiger partial charge < -0.3 is 28.0 Å². The molecular formula is C16H29CsN2O3. The summed E-state index contributed by atoms with van der Waals surface area (Å²) in [5.41, 5.74) is 2.01. The molecule has 3 N–H and O–H groups in total. The third kappa shape index (κ3) is 18.2. The summed E-state index contributed by atoms with van der Waals surface area (Å²) in [6, 6.07) is 7.31. The second-order valence-electron chi connectivity index (χ2n) is 3.73. The fourth-order valence-electron chi connectivity index (χ4n) is 1.13. The van der Waals surface area contributed by atoms with Crippen LogP contribution in [0.5, 0.6) is 0 Å². The molecule has 1 aromatic carbocycles. The molecule has 0 aliphatic carbocycles. The average molecular weight is 430 g/mol. The van der Waals surface area contributed by atoms with Crippen LogP contribution in [0.25, 0.3) is 0 Å². The van der Waals surface area contributed by atoms with Gasteiger partial charge >= 0.3 is 68.9 Å².